The van der Waals surface area contributed by atoms with Crippen LogP contribution in [0.2, 0.25) is 0 Å². The van der Waals surface area contributed by atoms with Crippen molar-refractivity contribution in [2.75, 3.05) is 0 Å². The Hall–Kier alpha value is -2.15. The fraction of sp³-hybridized carbons (Fsp3) is 0.125. The maximum Gasteiger partial charge on any atom is 0.416 e. The van der Waals surface area contributed by atoms with Crippen molar-refractivity contribution in [1.29, 1.82) is 0 Å². The van der Waals surface area contributed by atoms with Gasteiger partial charge in [-0.2, -0.15) is 18.3 Å². The van der Waals surface area contributed by atoms with E-state index in [0.717, 1.165) is 22.2 Å². The standard InChI is InChI=1S/C16H12BrF3N2O/c17-14-6-4-11(5-7-14)10-21-22-15(23)9-12-2-1-3-13(8-12)16(18,19)20/h1-8,10H,9H2,(H,22,23)/b21-10-. The Kier molecular flexibility index (Phi) is 5.54. The molecule has 0 spiro atoms. The molecule has 7 heteroatoms. The summed E-state index contributed by atoms with van der Waals surface area (Å²) >= 11 is 3.30. The molecule has 0 aliphatic heterocycles. The molecule has 0 radical (unpaired) electrons. The van der Waals surface area contributed by atoms with Crippen LogP contribution in [0, 0.1) is 0 Å². The number of amides is 1. The van der Waals surface area contributed by atoms with Gasteiger partial charge in [0.15, 0.2) is 0 Å². The van der Waals surface area contributed by atoms with E-state index in [1.165, 1.54) is 18.3 Å². The Balaban J connectivity index is 1.93. The van der Waals surface area contributed by atoms with Crippen molar-refractivity contribution in [2.24, 2.45) is 5.10 Å². The summed E-state index contributed by atoms with van der Waals surface area (Å²) in [5, 5.41) is 3.78. The Bertz CT molecular complexity index is 712. The number of halogens is 4. The highest BCUT2D eigenvalue weighted by molar-refractivity contribution is 9.10. The monoisotopic (exact) mass is 384 g/mol. The van der Waals surface area contributed by atoms with Crippen LogP contribution in [-0.2, 0) is 17.4 Å². The molecule has 3 nitrogen and oxygen atoms in total. The minimum Gasteiger partial charge on any atom is -0.273 e. The molecule has 0 aromatic heterocycles. The van der Waals surface area contributed by atoms with Gasteiger partial charge in [-0.25, -0.2) is 5.43 Å². The molecule has 0 aliphatic carbocycles. The second-order valence-corrected chi connectivity index (χ2v) is 5.64. The Labute approximate surface area is 139 Å². The van der Waals surface area contributed by atoms with Gasteiger partial charge in [0.2, 0.25) is 5.91 Å². The maximum absolute atomic E-state index is 12.6. The SMILES string of the molecule is O=C(Cc1cccc(C(F)(F)F)c1)N/N=C\c1ccc(Br)cc1. The van der Waals surface area contributed by atoms with Crippen LogP contribution in [0.15, 0.2) is 58.1 Å². The number of carbonyl (C=O) groups excluding carboxylic acids is 1. The molecule has 2 aromatic carbocycles. The lowest BCUT2D eigenvalue weighted by atomic mass is 10.1. The number of nitrogens with zero attached hydrogens (tertiary/aromatic N) is 1. The highest BCUT2D eigenvalue weighted by Gasteiger charge is 2.30. The van der Waals surface area contributed by atoms with E-state index in [1.54, 1.807) is 12.1 Å². The first-order valence-corrected chi connectivity index (χ1v) is 7.37. The number of hydrogen-bond donors (Lipinski definition) is 1. The first kappa shape index (κ1) is 17.2. The average Bonchev–Trinajstić information content (AvgIpc) is 2.49. The Morgan fingerprint density at radius 2 is 1.87 bits per heavy atom. The van der Waals surface area contributed by atoms with E-state index in [0.29, 0.717) is 0 Å². The molecule has 0 aliphatic rings. The van der Waals surface area contributed by atoms with Crippen LogP contribution < -0.4 is 5.43 Å². The molecule has 0 heterocycles. The van der Waals surface area contributed by atoms with Crippen molar-refractivity contribution >= 4 is 28.1 Å². The lowest BCUT2D eigenvalue weighted by Gasteiger charge is -2.08. The van der Waals surface area contributed by atoms with Crippen LogP contribution in [0.1, 0.15) is 16.7 Å². The van der Waals surface area contributed by atoms with E-state index in [1.807, 2.05) is 12.1 Å². The maximum atomic E-state index is 12.6. The Morgan fingerprint density at radius 1 is 1.17 bits per heavy atom. The lowest BCUT2D eigenvalue weighted by molar-refractivity contribution is -0.137. The minimum atomic E-state index is -4.42. The fourth-order valence-corrected chi connectivity index (χ4v) is 2.07. The highest BCUT2D eigenvalue weighted by atomic mass is 79.9. The molecule has 0 atom stereocenters. The van der Waals surface area contributed by atoms with Crippen molar-refractivity contribution in [3.63, 3.8) is 0 Å². The van der Waals surface area contributed by atoms with Gasteiger partial charge in [0.25, 0.3) is 0 Å². The summed E-state index contributed by atoms with van der Waals surface area (Å²) in [6.45, 7) is 0. The highest BCUT2D eigenvalue weighted by Crippen LogP contribution is 2.29. The van der Waals surface area contributed by atoms with Crippen LogP contribution >= 0.6 is 15.9 Å². The summed E-state index contributed by atoms with van der Waals surface area (Å²) in [5.74, 6) is -0.488. The molecule has 0 saturated carbocycles. The zero-order valence-electron chi connectivity index (χ0n) is 11.8. The van der Waals surface area contributed by atoms with Gasteiger partial charge in [-0.15, -0.1) is 0 Å². The normalized spacial score (nSPS) is 11.7. The molecule has 0 fully saturated rings. The molecule has 0 saturated heterocycles. The van der Waals surface area contributed by atoms with Crippen LogP contribution in [-0.4, -0.2) is 12.1 Å². The van der Waals surface area contributed by atoms with Gasteiger partial charge >= 0.3 is 6.18 Å². The van der Waals surface area contributed by atoms with Gasteiger partial charge in [0, 0.05) is 4.47 Å². The van der Waals surface area contributed by atoms with E-state index in [4.69, 9.17) is 0 Å². The van der Waals surface area contributed by atoms with Crippen LogP contribution in [0.25, 0.3) is 0 Å². The third-order valence-electron chi connectivity index (χ3n) is 2.89. The lowest BCUT2D eigenvalue weighted by Crippen LogP contribution is -2.20. The van der Waals surface area contributed by atoms with Crippen molar-refractivity contribution in [3.05, 3.63) is 69.7 Å². The molecule has 2 rings (SSSR count). The molecule has 1 amide bonds. The van der Waals surface area contributed by atoms with Crippen molar-refractivity contribution in [3.8, 4) is 0 Å². The van der Waals surface area contributed by atoms with Gasteiger partial charge in [-0.05, 0) is 29.3 Å². The third kappa shape index (κ3) is 5.52. The summed E-state index contributed by atoms with van der Waals surface area (Å²) < 4.78 is 38.7. The molecule has 2 aromatic rings. The second kappa shape index (κ2) is 7.41. The topological polar surface area (TPSA) is 41.5 Å². The van der Waals surface area contributed by atoms with Crippen molar-refractivity contribution in [2.45, 2.75) is 12.6 Å². The van der Waals surface area contributed by atoms with E-state index >= 15 is 0 Å². The second-order valence-electron chi connectivity index (χ2n) is 4.72. The average molecular weight is 385 g/mol. The van der Waals surface area contributed by atoms with E-state index in [-0.39, 0.29) is 12.0 Å². The largest absolute Gasteiger partial charge is 0.416 e. The van der Waals surface area contributed by atoms with Crippen LogP contribution in [0.5, 0.6) is 0 Å². The summed E-state index contributed by atoms with van der Waals surface area (Å²) in [6.07, 6.45) is -3.15. The molecular formula is C16H12BrF3N2O. The summed E-state index contributed by atoms with van der Waals surface area (Å²) in [6, 6.07) is 11.9. The summed E-state index contributed by atoms with van der Waals surface area (Å²) in [5.41, 5.74) is 2.57. The number of hydrogen-bond acceptors (Lipinski definition) is 2. The number of carbonyl (C=O) groups is 1. The molecule has 120 valence electrons. The molecule has 0 bridgehead atoms. The number of benzene rings is 2. The third-order valence-corrected chi connectivity index (χ3v) is 3.42. The van der Waals surface area contributed by atoms with Gasteiger partial charge < -0.3 is 0 Å². The zero-order chi connectivity index (χ0) is 16.9. The smallest absolute Gasteiger partial charge is 0.273 e. The zero-order valence-corrected chi connectivity index (χ0v) is 13.4. The van der Waals surface area contributed by atoms with Gasteiger partial charge in [-0.1, -0.05) is 46.3 Å². The van der Waals surface area contributed by atoms with E-state index < -0.39 is 17.6 Å². The number of rotatable bonds is 4. The number of hydrazone groups is 1. The van der Waals surface area contributed by atoms with E-state index in [9.17, 15) is 18.0 Å². The van der Waals surface area contributed by atoms with Crippen LogP contribution in [0.3, 0.4) is 0 Å². The van der Waals surface area contributed by atoms with E-state index in [2.05, 4.69) is 26.5 Å². The van der Waals surface area contributed by atoms with Crippen molar-refractivity contribution in [1.82, 2.24) is 5.43 Å². The Morgan fingerprint density at radius 3 is 2.52 bits per heavy atom. The van der Waals surface area contributed by atoms with Crippen LogP contribution in [0.4, 0.5) is 13.2 Å². The summed E-state index contributed by atoms with van der Waals surface area (Å²) in [7, 11) is 0. The summed E-state index contributed by atoms with van der Waals surface area (Å²) in [4.78, 5) is 11.7. The first-order chi connectivity index (χ1) is 10.8. The molecule has 0 unspecified atom stereocenters. The fourth-order valence-electron chi connectivity index (χ4n) is 1.81. The molecule has 1 N–H and O–H groups in total. The number of alkyl halides is 3. The first-order valence-electron chi connectivity index (χ1n) is 6.58. The van der Waals surface area contributed by atoms with Gasteiger partial charge in [-0.3, -0.25) is 4.79 Å². The molecule has 23 heavy (non-hydrogen) atoms. The van der Waals surface area contributed by atoms with Gasteiger partial charge in [0.1, 0.15) is 0 Å². The quantitative estimate of drug-likeness (QED) is 0.623. The van der Waals surface area contributed by atoms with Gasteiger partial charge in [0.05, 0.1) is 18.2 Å². The van der Waals surface area contributed by atoms with Crippen molar-refractivity contribution < 1.29 is 18.0 Å². The predicted octanol–water partition coefficient (Wildman–Crippen LogP) is 4.16. The number of nitrogens with one attached hydrogen (secondary N) is 1. The molecular weight excluding hydrogens is 373 g/mol. The predicted molar refractivity (Wildman–Crippen MR) is 85.0 cm³/mol. The minimum absolute atomic E-state index is 0.179.